The molecule has 1 N–H and O–H groups in total. The lowest BCUT2D eigenvalue weighted by molar-refractivity contribution is 0.376. The molecule has 0 spiro atoms. The molecule has 0 bridgehead atoms. The third-order valence-electron chi connectivity index (χ3n) is 3.01. The van der Waals surface area contributed by atoms with Crippen molar-refractivity contribution in [1.82, 2.24) is 14.9 Å². The minimum Gasteiger partial charge on any atom is -0.337 e. The number of halogens is 2. The zero-order valence-electron chi connectivity index (χ0n) is 12.1. The fourth-order valence-electron chi connectivity index (χ4n) is 1.90. The van der Waals surface area contributed by atoms with Crippen molar-refractivity contribution in [2.45, 2.75) is 12.3 Å². The van der Waals surface area contributed by atoms with E-state index in [4.69, 9.17) is 27.7 Å². The number of nitrogens with zero attached hydrogens (tertiary/aromatic N) is 2. The number of hydrogen-bond donors (Lipinski definition) is 1. The molecule has 0 atom stereocenters. The molecule has 0 amide bonds. The van der Waals surface area contributed by atoms with E-state index < -0.39 is 10.0 Å². The molecule has 24 heavy (non-hydrogen) atoms. The van der Waals surface area contributed by atoms with Gasteiger partial charge in [0.05, 0.1) is 17.2 Å². The Morgan fingerprint density at radius 1 is 1.25 bits per heavy atom. The van der Waals surface area contributed by atoms with Gasteiger partial charge in [-0.05, 0) is 29.1 Å². The number of benzene rings is 1. The predicted molar refractivity (Wildman–Crippen MR) is 93.5 cm³/mol. The molecule has 6 nitrogen and oxygen atoms in total. The van der Waals surface area contributed by atoms with Crippen LogP contribution in [0.4, 0.5) is 0 Å². The van der Waals surface area contributed by atoms with Gasteiger partial charge in [-0.15, -0.1) is 11.3 Å². The molecule has 0 unspecified atom stereocenters. The zero-order chi connectivity index (χ0) is 17.2. The average molecular weight is 404 g/mol. The van der Waals surface area contributed by atoms with Crippen LogP contribution in [-0.4, -0.2) is 18.6 Å². The first-order chi connectivity index (χ1) is 11.4. The van der Waals surface area contributed by atoms with Gasteiger partial charge < -0.3 is 4.52 Å². The first-order valence-corrected chi connectivity index (χ1v) is 9.99. The van der Waals surface area contributed by atoms with Crippen LogP contribution >= 0.6 is 34.5 Å². The summed E-state index contributed by atoms with van der Waals surface area (Å²) in [5.74, 6) is 0.346. The maximum absolute atomic E-state index is 12.2. The summed E-state index contributed by atoms with van der Waals surface area (Å²) < 4.78 is 31.8. The van der Waals surface area contributed by atoms with Gasteiger partial charge in [0.15, 0.2) is 0 Å². The summed E-state index contributed by atoms with van der Waals surface area (Å²) >= 11 is 13.3. The second-order valence-electron chi connectivity index (χ2n) is 4.80. The summed E-state index contributed by atoms with van der Waals surface area (Å²) in [7, 11) is -3.62. The lowest BCUT2D eigenvalue weighted by Gasteiger charge is -2.06. The molecule has 0 aliphatic heterocycles. The number of hydrogen-bond acceptors (Lipinski definition) is 6. The lowest BCUT2D eigenvalue weighted by Crippen LogP contribution is -2.25. The molecule has 2 heterocycles. The highest BCUT2D eigenvalue weighted by molar-refractivity contribution is 7.88. The van der Waals surface area contributed by atoms with Crippen molar-refractivity contribution in [3.63, 3.8) is 0 Å². The molecule has 0 saturated heterocycles. The van der Waals surface area contributed by atoms with E-state index in [-0.39, 0.29) is 18.2 Å². The molecule has 10 heteroatoms. The lowest BCUT2D eigenvalue weighted by atomic mass is 10.2. The van der Waals surface area contributed by atoms with Crippen LogP contribution in [0.3, 0.4) is 0 Å². The minimum absolute atomic E-state index is 0.0914. The van der Waals surface area contributed by atoms with Crippen LogP contribution in [0.25, 0.3) is 10.7 Å². The largest absolute Gasteiger partial charge is 0.337 e. The fourth-order valence-corrected chi connectivity index (χ4v) is 4.21. The van der Waals surface area contributed by atoms with Crippen LogP contribution in [-0.2, 0) is 22.3 Å². The Kier molecular flexibility index (Phi) is 5.21. The van der Waals surface area contributed by atoms with Crippen molar-refractivity contribution >= 4 is 44.6 Å². The highest BCUT2D eigenvalue weighted by Crippen LogP contribution is 2.23. The van der Waals surface area contributed by atoms with Gasteiger partial charge in [0.25, 0.3) is 0 Å². The van der Waals surface area contributed by atoms with Gasteiger partial charge in [-0.2, -0.15) is 4.98 Å². The van der Waals surface area contributed by atoms with Crippen molar-refractivity contribution < 1.29 is 12.9 Å². The number of thiophene rings is 1. The quantitative estimate of drug-likeness (QED) is 0.677. The molecule has 0 saturated carbocycles. The van der Waals surface area contributed by atoms with Crippen LogP contribution in [0, 0.1) is 0 Å². The average Bonchev–Trinajstić information content (AvgIpc) is 3.18. The molecule has 3 aromatic rings. The van der Waals surface area contributed by atoms with E-state index in [0.29, 0.717) is 21.4 Å². The Morgan fingerprint density at radius 3 is 2.79 bits per heavy atom. The highest BCUT2D eigenvalue weighted by atomic mass is 35.5. The zero-order valence-corrected chi connectivity index (χ0v) is 15.2. The first kappa shape index (κ1) is 17.4. The maximum Gasteiger partial charge on any atom is 0.242 e. The number of sulfonamides is 1. The number of rotatable bonds is 6. The summed E-state index contributed by atoms with van der Waals surface area (Å²) in [5, 5.41) is 6.46. The van der Waals surface area contributed by atoms with Gasteiger partial charge in [0, 0.05) is 10.0 Å². The maximum atomic E-state index is 12.2. The molecular weight excluding hydrogens is 393 g/mol. The number of nitrogens with one attached hydrogen (secondary N) is 1. The van der Waals surface area contributed by atoms with Gasteiger partial charge in [-0.3, -0.25) is 0 Å². The van der Waals surface area contributed by atoms with Crippen molar-refractivity contribution in [2.24, 2.45) is 0 Å². The molecule has 126 valence electrons. The molecule has 1 aromatic carbocycles. The van der Waals surface area contributed by atoms with Gasteiger partial charge in [0.2, 0.25) is 21.7 Å². The Balaban J connectivity index is 1.65. The third kappa shape index (κ3) is 4.34. The Bertz CT molecular complexity index is 940. The van der Waals surface area contributed by atoms with Crippen molar-refractivity contribution in [3.8, 4) is 10.7 Å². The van der Waals surface area contributed by atoms with Crippen molar-refractivity contribution in [1.29, 1.82) is 0 Å². The summed E-state index contributed by atoms with van der Waals surface area (Å²) in [6.07, 6.45) is 0. The highest BCUT2D eigenvalue weighted by Gasteiger charge is 2.16. The molecular formula is C14H11Cl2N3O3S2. The van der Waals surface area contributed by atoms with E-state index in [9.17, 15) is 8.42 Å². The van der Waals surface area contributed by atoms with E-state index in [2.05, 4.69) is 14.9 Å². The van der Waals surface area contributed by atoms with Gasteiger partial charge >= 0.3 is 0 Å². The smallest absolute Gasteiger partial charge is 0.242 e. The first-order valence-electron chi connectivity index (χ1n) is 6.71. The van der Waals surface area contributed by atoms with E-state index >= 15 is 0 Å². The third-order valence-corrected chi connectivity index (χ3v) is 5.74. The van der Waals surface area contributed by atoms with Crippen molar-refractivity contribution in [3.05, 3.63) is 57.2 Å². The Labute approximate surface area is 152 Å². The van der Waals surface area contributed by atoms with E-state index in [1.165, 1.54) is 17.4 Å². The van der Waals surface area contributed by atoms with Crippen LogP contribution in [0.15, 0.2) is 40.2 Å². The Hall–Kier alpha value is -1.45. The summed E-state index contributed by atoms with van der Waals surface area (Å²) in [4.78, 5) is 5.00. The van der Waals surface area contributed by atoms with Crippen LogP contribution in [0.5, 0.6) is 0 Å². The summed E-state index contributed by atoms with van der Waals surface area (Å²) in [6, 6.07) is 8.38. The fraction of sp³-hybridized carbons (Fsp3) is 0.143. The standard InChI is InChI=1S/C14H11Cl2N3O3S2/c15-10-4-3-9(11(16)6-10)8-24(20,21)17-7-13-18-14(19-22-13)12-2-1-5-23-12/h1-6,17H,7-8H2. The van der Waals surface area contributed by atoms with E-state index in [0.717, 1.165) is 4.88 Å². The summed E-state index contributed by atoms with van der Waals surface area (Å²) in [6.45, 7) is -0.0914. The second-order valence-corrected chi connectivity index (χ2v) is 8.40. The van der Waals surface area contributed by atoms with Gasteiger partial charge in [-0.25, -0.2) is 13.1 Å². The topological polar surface area (TPSA) is 85.1 Å². The van der Waals surface area contributed by atoms with Crippen LogP contribution in [0.2, 0.25) is 10.0 Å². The Morgan fingerprint density at radius 2 is 2.08 bits per heavy atom. The minimum atomic E-state index is -3.62. The normalized spacial score (nSPS) is 11.8. The molecule has 2 aromatic heterocycles. The van der Waals surface area contributed by atoms with Crippen molar-refractivity contribution in [2.75, 3.05) is 0 Å². The molecule has 0 aliphatic rings. The molecule has 0 aliphatic carbocycles. The van der Waals surface area contributed by atoms with Crippen LogP contribution < -0.4 is 4.72 Å². The second kappa shape index (κ2) is 7.20. The molecule has 3 rings (SSSR count). The van der Waals surface area contributed by atoms with Gasteiger partial charge in [-0.1, -0.05) is 40.5 Å². The van der Waals surface area contributed by atoms with Gasteiger partial charge in [0.1, 0.15) is 0 Å². The number of aromatic nitrogens is 2. The predicted octanol–water partition coefficient (Wildman–Crippen LogP) is 3.72. The molecule has 0 fully saturated rings. The SMILES string of the molecule is O=S(=O)(Cc1ccc(Cl)cc1Cl)NCc1nc(-c2cccs2)no1. The van der Waals surface area contributed by atoms with E-state index in [1.54, 1.807) is 12.1 Å². The van der Waals surface area contributed by atoms with Crippen LogP contribution in [0.1, 0.15) is 11.5 Å². The molecule has 0 radical (unpaired) electrons. The van der Waals surface area contributed by atoms with E-state index in [1.807, 2.05) is 17.5 Å². The monoisotopic (exact) mass is 403 g/mol. The summed E-state index contributed by atoms with van der Waals surface area (Å²) in [5.41, 5.74) is 0.457.